The molecule has 14 heavy (non-hydrogen) atoms. The van der Waals surface area contributed by atoms with Gasteiger partial charge in [0.25, 0.3) is 0 Å². The molecule has 2 aromatic rings. The summed E-state index contributed by atoms with van der Waals surface area (Å²) in [6.07, 6.45) is 0. The molecule has 1 atom stereocenters. The normalized spacial score (nSPS) is 13.4. The van der Waals surface area contributed by atoms with Crippen LogP contribution in [0.4, 0.5) is 0 Å². The molecule has 1 unspecified atom stereocenters. The zero-order chi connectivity index (χ0) is 10.3. The second kappa shape index (κ2) is 3.14. The number of furan rings is 1. The SMILES string of the molecule is Cc1cc(C)c2oc(C(C)N)cc2c1. The fraction of sp³-hybridized carbons (Fsp3) is 0.333. The molecule has 0 amide bonds. The van der Waals surface area contributed by atoms with Gasteiger partial charge in [0.05, 0.1) is 6.04 Å². The largest absolute Gasteiger partial charge is 0.459 e. The Morgan fingerprint density at radius 3 is 2.57 bits per heavy atom. The van der Waals surface area contributed by atoms with Crippen LogP contribution in [0, 0.1) is 13.8 Å². The molecule has 1 aromatic heterocycles. The molecule has 0 aliphatic heterocycles. The molecule has 2 heteroatoms. The molecular weight excluding hydrogens is 174 g/mol. The minimum Gasteiger partial charge on any atom is -0.459 e. The first-order valence-corrected chi connectivity index (χ1v) is 4.84. The van der Waals surface area contributed by atoms with Crippen molar-refractivity contribution in [3.63, 3.8) is 0 Å². The molecule has 0 bridgehead atoms. The Hall–Kier alpha value is -1.28. The van der Waals surface area contributed by atoms with Crippen LogP contribution in [-0.4, -0.2) is 0 Å². The van der Waals surface area contributed by atoms with E-state index in [0.29, 0.717) is 0 Å². The first-order valence-electron chi connectivity index (χ1n) is 4.84. The third kappa shape index (κ3) is 1.42. The molecule has 2 rings (SSSR count). The topological polar surface area (TPSA) is 39.2 Å². The molecule has 0 radical (unpaired) electrons. The standard InChI is InChI=1S/C12H15NO/c1-7-4-8(2)12-10(5-7)6-11(14-12)9(3)13/h4-6,9H,13H2,1-3H3. The summed E-state index contributed by atoms with van der Waals surface area (Å²) in [6.45, 7) is 6.08. The van der Waals surface area contributed by atoms with E-state index in [2.05, 4.69) is 26.0 Å². The van der Waals surface area contributed by atoms with Gasteiger partial charge in [-0.3, -0.25) is 0 Å². The number of nitrogens with two attached hydrogens (primary N) is 1. The lowest BCUT2D eigenvalue weighted by Crippen LogP contribution is -2.02. The summed E-state index contributed by atoms with van der Waals surface area (Å²) in [5.74, 6) is 0.855. The van der Waals surface area contributed by atoms with Gasteiger partial charge in [0.15, 0.2) is 0 Å². The number of hydrogen-bond donors (Lipinski definition) is 1. The van der Waals surface area contributed by atoms with Crippen molar-refractivity contribution < 1.29 is 4.42 Å². The van der Waals surface area contributed by atoms with Crippen molar-refractivity contribution >= 4 is 11.0 Å². The van der Waals surface area contributed by atoms with Gasteiger partial charge in [-0.25, -0.2) is 0 Å². The lowest BCUT2D eigenvalue weighted by molar-refractivity contribution is 0.511. The Balaban J connectivity index is 2.70. The maximum absolute atomic E-state index is 5.77. The highest BCUT2D eigenvalue weighted by Gasteiger charge is 2.09. The second-order valence-electron chi connectivity index (χ2n) is 3.94. The van der Waals surface area contributed by atoms with Crippen LogP contribution < -0.4 is 5.73 Å². The van der Waals surface area contributed by atoms with Gasteiger partial charge in [0.2, 0.25) is 0 Å². The van der Waals surface area contributed by atoms with E-state index in [1.807, 2.05) is 13.0 Å². The average molecular weight is 189 g/mol. The summed E-state index contributed by atoms with van der Waals surface area (Å²) in [7, 11) is 0. The zero-order valence-corrected chi connectivity index (χ0v) is 8.79. The molecule has 0 saturated heterocycles. The smallest absolute Gasteiger partial charge is 0.137 e. The second-order valence-corrected chi connectivity index (χ2v) is 3.94. The summed E-state index contributed by atoms with van der Waals surface area (Å²) in [5, 5.41) is 1.15. The Morgan fingerprint density at radius 2 is 1.93 bits per heavy atom. The van der Waals surface area contributed by atoms with Crippen LogP contribution in [0.15, 0.2) is 22.6 Å². The summed E-state index contributed by atoms with van der Waals surface area (Å²) >= 11 is 0. The molecule has 0 saturated carbocycles. The van der Waals surface area contributed by atoms with E-state index < -0.39 is 0 Å². The number of benzene rings is 1. The molecule has 0 spiro atoms. The number of fused-ring (bicyclic) bond motifs is 1. The van der Waals surface area contributed by atoms with Crippen molar-refractivity contribution in [1.82, 2.24) is 0 Å². The van der Waals surface area contributed by atoms with Gasteiger partial charge in [-0.15, -0.1) is 0 Å². The van der Waals surface area contributed by atoms with Gasteiger partial charge < -0.3 is 10.2 Å². The van der Waals surface area contributed by atoms with Crippen molar-refractivity contribution in [2.45, 2.75) is 26.8 Å². The zero-order valence-electron chi connectivity index (χ0n) is 8.79. The van der Waals surface area contributed by atoms with Gasteiger partial charge in [0.1, 0.15) is 11.3 Å². The van der Waals surface area contributed by atoms with Gasteiger partial charge in [-0.05, 0) is 38.5 Å². The monoisotopic (exact) mass is 189 g/mol. The molecule has 0 fully saturated rings. The molecule has 0 aliphatic carbocycles. The minimum atomic E-state index is -0.0397. The Morgan fingerprint density at radius 1 is 1.21 bits per heavy atom. The van der Waals surface area contributed by atoms with Crippen molar-refractivity contribution in [1.29, 1.82) is 0 Å². The van der Waals surface area contributed by atoms with E-state index in [1.54, 1.807) is 0 Å². The summed E-state index contributed by atoms with van der Waals surface area (Å²) < 4.78 is 5.69. The Labute approximate surface area is 83.7 Å². The predicted molar refractivity (Wildman–Crippen MR) is 58.3 cm³/mol. The molecule has 0 aliphatic rings. The predicted octanol–water partition coefficient (Wildman–Crippen LogP) is 3.07. The van der Waals surface area contributed by atoms with E-state index in [4.69, 9.17) is 10.2 Å². The van der Waals surface area contributed by atoms with Crippen LogP contribution in [0.25, 0.3) is 11.0 Å². The highest BCUT2D eigenvalue weighted by atomic mass is 16.3. The molecular formula is C12H15NO. The van der Waals surface area contributed by atoms with E-state index in [-0.39, 0.29) is 6.04 Å². The van der Waals surface area contributed by atoms with E-state index in [0.717, 1.165) is 16.7 Å². The van der Waals surface area contributed by atoms with Crippen LogP contribution in [0.1, 0.15) is 29.9 Å². The highest BCUT2D eigenvalue weighted by molar-refractivity contribution is 5.81. The quantitative estimate of drug-likeness (QED) is 0.748. The van der Waals surface area contributed by atoms with Gasteiger partial charge >= 0.3 is 0 Å². The van der Waals surface area contributed by atoms with Crippen molar-refractivity contribution in [2.75, 3.05) is 0 Å². The molecule has 2 N–H and O–H groups in total. The Bertz CT molecular complexity index is 468. The third-order valence-electron chi connectivity index (χ3n) is 2.41. The average Bonchev–Trinajstić information content (AvgIpc) is 2.47. The first-order chi connectivity index (χ1) is 6.58. The fourth-order valence-electron chi connectivity index (χ4n) is 1.76. The van der Waals surface area contributed by atoms with Gasteiger partial charge in [-0.2, -0.15) is 0 Å². The lowest BCUT2D eigenvalue weighted by atomic mass is 10.1. The fourth-order valence-corrected chi connectivity index (χ4v) is 1.76. The van der Waals surface area contributed by atoms with Crippen LogP contribution >= 0.6 is 0 Å². The maximum Gasteiger partial charge on any atom is 0.137 e. The molecule has 1 heterocycles. The molecule has 2 nitrogen and oxygen atoms in total. The van der Waals surface area contributed by atoms with E-state index in [9.17, 15) is 0 Å². The van der Waals surface area contributed by atoms with Crippen LogP contribution in [0.3, 0.4) is 0 Å². The van der Waals surface area contributed by atoms with Gasteiger partial charge in [0, 0.05) is 5.39 Å². The molecule has 74 valence electrons. The third-order valence-corrected chi connectivity index (χ3v) is 2.41. The maximum atomic E-state index is 5.77. The van der Waals surface area contributed by atoms with E-state index >= 15 is 0 Å². The highest BCUT2D eigenvalue weighted by Crippen LogP contribution is 2.26. The van der Waals surface area contributed by atoms with Crippen molar-refractivity contribution in [2.24, 2.45) is 5.73 Å². The first kappa shape index (κ1) is 9.28. The summed E-state index contributed by atoms with van der Waals surface area (Å²) in [4.78, 5) is 0. The number of rotatable bonds is 1. The van der Waals surface area contributed by atoms with Crippen LogP contribution in [0.2, 0.25) is 0 Å². The lowest BCUT2D eigenvalue weighted by Gasteiger charge is -1.98. The Kier molecular flexibility index (Phi) is 2.08. The number of aryl methyl sites for hydroxylation is 2. The van der Waals surface area contributed by atoms with Gasteiger partial charge in [-0.1, -0.05) is 11.6 Å². The minimum absolute atomic E-state index is 0.0397. The molecule has 1 aromatic carbocycles. The summed E-state index contributed by atoms with van der Waals surface area (Å²) in [5.41, 5.74) is 9.16. The van der Waals surface area contributed by atoms with Crippen molar-refractivity contribution in [3.8, 4) is 0 Å². The number of hydrogen-bond acceptors (Lipinski definition) is 2. The van der Waals surface area contributed by atoms with E-state index in [1.165, 1.54) is 11.1 Å². The van der Waals surface area contributed by atoms with Crippen molar-refractivity contribution in [3.05, 3.63) is 35.1 Å². The van der Waals surface area contributed by atoms with Crippen LogP contribution in [0.5, 0.6) is 0 Å². The van der Waals surface area contributed by atoms with Crippen LogP contribution in [-0.2, 0) is 0 Å². The summed E-state index contributed by atoms with van der Waals surface area (Å²) in [6, 6.07) is 6.23.